The van der Waals surface area contributed by atoms with Crippen LogP contribution in [0.15, 0.2) is 72.8 Å². The first kappa shape index (κ1) is 16.7. The third-order valence-corrected chi connectivity index (χ3v) is 4.46. The normalized spacial score (nSPS) is 12.9. The van der Waals surface area contributed by atoms with Crippen molar-refractivity contribution >= 4 is 29.1 Å². The van der Waals surface area contributed by atoms with Gasteiger partial charge in [0.1, 0.15) is 0 Å². The smallest absolute Gasteiger partial charge is 0.268 e. The van der Waals surface area contributed by atoms with Gasteiger partial charge in [0.2, 0.25) is 0 Å². The summed E-state index contributed by atoms with van der Waals surface area (Å²) < 4.78 is 0. The first-order chi connectivity index (χ1) is 13.1. The Hall–Kier alpha value is -3.73. The molecule has 1 heterocycles. The number of fused-ring (bicyclic) bond motifs is 1. The third-order valence-electron chi connectivity index (χ3n) is 4.46. The quantitative estimate of drug-likeness (QED) is 0.720. The van der Waals surface area contributed by atoms with Crippen molar-refractivity contribution in [2.24, 2.45) is 0 Å². The van der Waals surface area contributed by atoms with Gasteiger partial charge in [-0.1, -0.05) is 42.0 Å². The number of hydrogen-bond acceptors (Lipinski definition) is 3. The number of hydrogen-bond donors (Lipinski definition) is 1. The van der Waals surface area contributed by atoms with Crippen LogP contribution in [0.4, 0.5) is 11.4 Å². The molecule has 0 spiro atoms. The summed E-state index contributed by atoms with van der Waals surface area (Å²) in [5, 5.41) is 2.77. The summed E-state index contributed by atoms with van der Waals surface area (Å²) in [5.74, 6) is -1.17. The summed E-state index contributed by atoms with van der Waals surface area (Å²) in [5.41, 5.74) is 2.78. The van der Waals surface area contributed by atoms with Crippen LogP contribution in [0.2, 0.25) is 0 Å². The zero-order valence-corrected chi connectivity index (χ0v) is 14.6. The molecule has 3 aromatic rings. The van der Waals surface area contributed by atoms with Crippen molar-refractivity contribution < 1.29 is 14.4 Å². The van der Waals surface area contributed by atoms with Crippen LogP contribution in [0.25, 0.3) is 0 Å². The molecule has 0 aliphatic carbocycles. The Morgan fingerprint density at radius 1 is 0.852 bits per heavy atom. The lowest BCUT2D eigenvalue weighted by Crippen LogP contribution is -2.29. The number of para-hydroxylation sites is 1. The molecule has 3 amide bonds. The van der Waals surface area contributed by atoms with Gasteiger partial charge < -0.3 is 5.32 Å². The Morgan fingerprint density at radius 3 is 2.33 bits per heavy atom. The molecule has 0 aromatic heterocycles. The maximum atomic E-state index is 13.0. The summed E-state index contributed by atoms with van der Waals surface area (Å²) in [6, 6.07) is 20.8. The summed E-state index contributed by atoms with van der Waals surface area (Å²) in [4.78, 5) is 39.4. The minimum Gasteiger partial charge on any atom is -0.321 e. The van der Waals surface area contributed by atoms with E-state index in [2.05, 4.69) is 5.32 Å². The van der Waals surface area contributed by atoms with E-state index in [1.807, 2.05) is 19.1 Å². The molecule has 0 unspecified atom stereocenters. The molecule has 132 valence electrons. The van der Waals surface area contributed by atoms with Gasteiger partial charge in [0, 0.05) is 5.56 Å². The fourth-order valence-corrected chi connectivity index (χ4v) is 3.18. The highest BCUT2D eigenvalue weighted by Gasteiger charge is 2.38. The first-order valence-electron chi connectivity index (χ1n) is 8.51. The Labute approximate surface area is 156 Å². The van der Waals surface area contributed by atoms with Gasteiger partial charge in [0.25, 0.3) is 17.7 Å². The molecule has 0 bridgehead atoms. The number of carbonyl (C=O) groups excluding carboxylic acids is 3. The molecular weight excluding hydrogens is 340 g/mol. The fraction of sp³-hybridized carbons (Fsp3) is 0.0455. The maximum absolute atomic E-state index is 13.0. The van der Waals surface area contributed by atoms with Crippen molar-refractivity contribution in [2.75, 3.05) is 10.2 Å². The molecule has 1 N–H and O–H groups in total. The molecular formula is C22H16N2O3. The van der Waals surface area contributed by atoms with E-state index in [0.29, 0.717) is 16.9 Å². The topological polar surface area (TPSA) is 66.5 Å². The number of carbonyl (C=O) groups is 3. The zero-order valence-electron chi connectivity index (χ0n) is 14.6. The number of nitrogens with zero attached hydrogens (tertiary/aromatic N) is 1. The molecule has 4 rings (SSSR count). The monoisotopic (exact) mass is 356 g/mol. The predicted molar refractivity (Wildman–Crippen MR) is 103 cm³/mol. The largest absolute Gasteiger partial charge is 0.321 e. The molecule has 0 saturated carbocycles. The number of anilines is 2. The SMILES string of the molecule is Cc1cccc(C(=O)Nc2cccc3c2C(=O)N(c2ccccc2)C3=O)c1. The summed E-state index contributed by atoms with van der Waals surface area (Å²) in [6.45, 7) is 1.90. The van der Waals surface area contributed by atoms with Crippen molar-refractivity contribution in [3.63, 3.8) is 0 Å². The van der Waals surface area contributed by atoms with Crippen LogP contribution < -0.4 is 10.2 Å². The van der Waals surface area contributed by atoms with Gasteiger partial charge in [-0.25, -0.2) is 4.90 Å². The van der Waals surface area contributed by atoms with Crippen LogP contribution in [-0.2, 0) is 0 Å². The van der Waals surface area contributed by atoms with E-state index in [1.165, 1.54) is 0 Å². The minimum absolute atomic E-state index is 0.215. The number of rotatable bonds is 3. The van der Waals surface area contributed by atoms with Crippen LogP contribution in [0.3, 0.4) is 0 Å². The molecule has 27 heavy (non-hydrogen) atoms. The Kier molecular flexibility index (Phi) is 4.05. The predicted octanol–water partition coefficient (Wildman–Crippen LogP) is 4.05. The number of nitrogens with one attached hydrogen (secondary N) is 1. The van der Waals surface area contributed by atoms with E-state index in [0.717, 1.165) is 10.5 Å². The average Bonchev–Trinajstić information content (AvgIpc) is 2.94. The highest BCUT2D eigenvalue weighted by atomic mass is 16.2. The minimum atomic E-state index is -0.443. The summed E-state index contributed by atoms with van der Waals surface area (Å²) in [6.07, 6.45) is 0. The Morgan fingerprint density at radius 2 is 1.59 bits per heavy atom. The fourth-order valence-electron chi connectivity index (χ4n) is 3.18. The van der Waals surface area contributed by atoms with Crippen molar-refractivity contribution in [1.82, 2.24) is 0 Å². The average molecular weight is 356 g/mol. The number of amides is 3. The van der Waals surface area contributed by atoms with Gasteiger partial charge in [-0.15, -0.1) is 0 Å². The molecule has 0 saturated heterocycles. The van der Waals surface area contributed by atoms with E-state index < -0.39 is 11.8 Å². The van der Waals surface area contributed by atoms with Gasteiger partial charge in [0.05, 0.1) is 22.5 Å². The maximum Gasteiger partial charge on any atom is 0.268 e. The number of imide groups is 1. The van der Waals surface area contributed by atoms with Gasteiger partial charge in [0.15, 0.2) is 0 Å². The van der Waals surface area contributed by atoms with Crippen molar-refractivity contribution in [3.05, 3.63) is 95.1 Å². The van der Waals surface area contributed by atoms with Gasteiger partial charge in [-0.05, 0) is 43.3 Å². The lowest BCUT2D eigenvalue weighted by atomic mass is 10.1. The van der Waals surface area contributed by atoms with Crippen LogP contribution in [0.1, 0.15) is 36.6 Å². The molecule has 5 nitrogen and oxygen atoms in total. The Balaban J connectivity index is 1.71. The van der Waals surface area contributed by atoms with Gasteiger partial charge in [-0.2, -0.15) is 0 Å². The van der Waals surface area contributed by atoms with E-state index in [1.54, 1.807) is 60.7 Å². The third kappa shape index (κ3) is 2.89. The molecule has 0 radical (unpaired) electrons. The second-order valence-corrected chi connectivity index (χ2v) is 6.33. The molecule has 1 aliphatic rings. The molecule has 5 heteroatoms. The molecule has 0 fully saturated rings. The Bertz CT molecular complexity index is 1070. The van der Waals surface area contributed by atoms with Gasteiger partial charge >= 0.3 is 0 Å². The van der Waals surface area contributed by atoms with Crippen LogP contribution >= 0.6 is 0 Å². The summed E-state index contributed by atoms with van der Waals surface area (Å²) in [7, 11) is 0. The van der Waals surface area contributed by atoms with Crippen molar-refractivity contribution in [3.8, 4) is 0 Å². The van der Waals surface area contributed by atoms with Crippen molar-refractivity contribution in [2.45, 2.75) is 6.92 Å². The van der Waals surface area contributed by atoms with Crippen molar-refractivity contribution in [1.29, 1.82) is 0 Å². The molecule has 0 atom stereocenters. The molecule has 1 aliphatic heterocycles. The number of benzene rings is 3. The standard InChI is InChI=1S/C22H16N2O3/c1-14-7-5-8-15(13-14)20(25)23-18-12-6-11-17-19(18)22(27)24(21(17)26)16-9-3-2-4-10-16/h2-13H,1H3,(H,23,25). The second kappa shape index (κ2) is 6.53. The second-order valence-electron chi connectivity index (χ2n) is 6.33. The lowest BCUT2D eigenvalue weighted by Gasteiger charge is -2.13. The lowest BCUT2D eigenvalue weighted by molar-refractivity contribution is 0.0926. The van der Waals surface area contributed by atoms with E-state index in [4.69, 9.17) is 0 Å². The zero-order chi connectivity index (χ0) is 19.0. The van der Waals surface area contributed by atoms with E-state index in [9.17, 15) is 14.4 Å². The van der Waals surface area contributed by atoms with E-state index in [-0.39, 0.29) is 17.0 Å². The highest BCUT2D eigenvalue weighted by Crippen LogP contribution is 2.33. The van der Waals surface area contributed by atoms with Crippen LogP contribution in [0, 0.1) is 6.92 Å². The van der Waals surface area contributed by atoms with Crippen LogP contribution in [-0.4, -0.2) is 17.7 Å². The summed E-state index contributed by atoms with van der Waals surface area (Å²) >= 11 is 0. The molecule has 3 aromatic carbocycles. The highest BCUT2D eigenvalue weighted by molar-refractivity contribution is 6.36. The van der Waals surface area contributed by atoms with E-state index >= 15 is 0 Å². The van der Waals surface area contributed by atoms with Gasteiger partial charge in [-0.3, -0.25) is 14.4 Å². The van der Waals surface area contributed by atoms with Crippen LogP contribution in [0.5, 0.6) is 0 Å². The first-order valence-corrected chi connectivity index (χ1v) is 8.51. The number of aryl methyl sites for hydroxylation is 1.